The van der Waals surface area contributed by atoms with Crippen LogP contribution in [0.25, 0.3) is 0 Å². The fourth-order valence-corrected chi connectivity index (χ4v) is 4.46. The molecule has 132 valence electrons. The minimum atomic E-state index is -3.44. The molecule has 0 saturated carbocycles. The van der Waals surface area contributed by atoms with Gasteiger partial charge in [0.2, 0.25) is 5.91 Å². The van der Waals surface area contributed by atoms with Crippen LogP contribution in [0.15, 0.2) is 53.7 Å². The first kappa shape index (κ1) is 17.6. The van der Waals surface area contributed by atoms with Crippen LogP contribution in [0.2, 0.25) is 0 Å². The van der Waals surface area contributed by atoms with Crippen LogP contribution in [0.5, 0.6) is 0 Å². The molecule has 1 amide bonds. The van der Waals surface area contributed by atoms with Gasteiger partial charge in [-0.2, -0.15) is 0 Å². The Labute approximate surface area is 148 Å². The molecular weight excluding hydrogens is 336 g/mol. The number of hydrogen-bond donors (Lipinski definition) is 0. The van der Waals surface area contributed by atoms with Gasteiger partial charge < -0.3 is 4.90 Å². The Morgan fingerprint density at radius 2 is 1.84 bits per heavy atom. The molecule has 0 unspecified atom stereocenters. The van der Waals surface area contributed by atoms with E-state index in [-0.39, 0.29) is 29.0 Å². The topological polar surface area (TPSA) is 67.3 Å². The number of nitrogens with zero attached hydrogens (tertiary/aromatic N) is 2. The summed E-state index contributed by atoms with van der Waals surface area (Å²) in [5.41, 5.74) is 2.06. The summed E-state index contributed by atoms with van der Waals surface area (Å²) in [7, 11) is -3.44. The highest BCUT2D eigenvalue weighted by atomic mass is 32.2. The van der Waals surface area contributed by atoms with Crippen LogP contribution >= 0.6 is 0 Å². The van der Waals surface area contributed by atoms with Crippen molar-refractivity contribution in [3.8, 4) is 0 Å². The first-order valence-corrected chi connectivity index (χ1v) is 10.1. The molecule has 1 aliphatic heterocycles. The Bertz CT molecular complexity index is 833. The zero-order chi connectivity index (χ0) is 17.9. The van der Waals surface area contributed by atoms with E-state index in [2.05, 4.69) is 4.98 Å². The van der Waals surface area contributed by atoms with Gasteiger partial charge in [-0.05, 0) is 49.6 Å². The highest BCUT2D eigenvalue weighted by Gasteiger charge is 2.30. The van der Waals surface area contributed by atoms with E-state index >= 15 is 0 Å². The molecule has 5 nitrogen and oxygen atoms in total. The predicted molar refractivity (Wildman–Crippen MR) is 95.8 cm³/mol. The predicted octanol–water partition coefficient (Wildman–Crippen LogP) is 2.92. The maximum atomic E-state index is 12.6. The number of amides is 1. The molecule has 1 atom stereocenters. The van der Waals surface area contributed by atoms with Gasteiger partial charge in [-0.25, -0.2) is 8.42 Å². The lowest BCUT2D eigenvalue weighted by Crippen LogP contribution is -2.31. The van der Waals surface area contributed by atoms with Crippen LogP contribution in [0.4, 0.5) is 0 Å². The van der Waals surface area contributed by atoms with Crippen molar-refractivity contribution in [1.82, 2.24) is 9.88 Å². The van der Waals surface area contributed by atoms with Crippen molar-refractivity contribution < 1.29 is 13.2 Å². The summed E-state index contributed by atoms with van der Waals surface area (Å²) in [6.45, 7) is 2.59. The number of hydrogen-bond acceptors (Lipinski definition) is 4. The molecule has 0 radical (unpaired) electrons. The SMILES string of the molecule is Cc1ccc(S(=O)(=O)CCC(=O)N2CCC[C@@H]2c2ccncc2)cc1. The van der Waals surface area contributed by atoms with E-state index in [0.717, 1.165) is 24.0 Å². The van der Waals surface area contributed by atoms with E-state index in [4.69, 9.17) is 0 Å². The van der Waals surface area contributed by atoms with Crippen molar-refractivity contribution in [2.75, 3.05) is 12.3 Å². The standard InChI is InChI=1S/C19H22N2O3S/c1-15-4-6-17(7-5-15)25(23,24)14-10-19(22)21-13-2-3-18(21)16-8-11-20-12-9-16/h4-9,11-12,18H,2-3,10,13-14H2,1H3/t18-/m1/s1. The summed E-state index contributed by atoms with van der Waals surface area (Å²) in [5.74, 6) is -0.260. The molecule has 2 aromatic rings. The highest BCUT2D eigenvalue weighted by Crippen LogP contribution is 2.32. The summed E-state index contributed by atoms with van der Waals surface area (Å²) in [5, 5.41) is 0. The van der Waals surface area contributed by atoms with Gasteiger partial charge in [0.1, 0.15) is 0 Å². The Morgan fingerprint density at radius 3 is 2.52 bits per heavy atom. The molecule has 1 aromatic heterocycles. The Morgan fingerprint density at radius 1 is 1.16 bits per heavy atom. The van der Waals surface area contributed by atoms with Gasteiger partial charge in [0.15, 0.2) is 9.84 Å². The van der Waals surface area contributed by atoms with Crippen LogP contribution in [0, 0.1) is 6.92 Å². The minimum Gasteiger partial charge on any atom is -0.336 e. The normalized spacial score (nSPS) is 17.6. The second-order valence-corrected chi connectivity index (χ2v) is 8.52. The van der Waals surface area contributed by atoms with Crippen molar-refractivity contribution in [2.24, 2.45) is 0 Å². The molecular formula is C19H22N2O3S. The lowest BCUT2D eigenvalue weighted by atomic mass is 10.1. The quantitative estimate of drug-likeness (QED) is 0.824. The van der Waals surface area contributed by atoms with Crippen molar-refractivity contribution in [2.45, 2.75) is 37.1 Å². The number of carbonyl (C=O) groups excluding carboxylic acids is 1. The number of rotatable bonds is 5. The number of aryl methyl sites for hydroxylation is 1. The molecule has 2 heterocycles. The molecule has 6 heteroatoms. The summed E-state index contributed by atoms with van der Waals surface area (Å²) in [4.78, 5) is 18.7. The first-order chi connectivity index (χ1) is 12.0. The molecule has 25 heavy (non-hydrogen) atoms. The lowest BCUT2D eigenvalue weighted by molar-refractivity contribution is -0.131. The summed E-state index contributed by atoms with van der Waals surface area (Å²) in [6, 6.07) is 10.6. The first-order valence-electron chi connectivity index (χ1n) is 8.46. The highest BCUT2D eigenvalue weighted by molar-refractivity contribution is 7.91. The molecule has 3 rings (SSSR count). The fraction of sp³-hybridized carbons (Fsp3) is 0.368. The zero-order valence-electron chi connectivity index (χ0n) is 14.3. The molecule has 1 fully saturated rings. The van der Waals surface area contributed by atoms with Gasteiger partial charge >= 0.3 is 0 Å². The third kappa shape index (κ3) is 4.07. The molecule has 0 N–H and O–H groups in total. The van der Waals surface area contributed by atoms with Gasteiger partial charge in [0, 0.05) is 25.4 Å². The van der Waals surface area contributed by atoms with Crippen LogP contribution < -0.4 is 0 Å². The second-order valence-electron chi connectivity index (χ2n) is 6.41. The fourth-order valence-electron chi connectivity index (χ4n) is 3.23. The summed E-state index contributed by atoms with van der Waals surface area (Å²) < 4.78 is 24.9. The van der Waals surface area contributed by atoms with Crippen molar-refractivity contribution in [1.29, 1.82) is 0 Å². The lowest BCUT2D eigenvalue weighted by Gasteiger charge is -2.25. The zero-order valence-corrected chi connectivity index (χ0v) is 15.1. The van der Waals surface area contributed by atoms with Crippen LogP contribution in [0.3, 0.4) is 0 Å². The maximum Gasteiger partial charge on any atom is 0.224 e. The molecule has 1 saturated heterocycles. The maximum absolute atomic E-state index is 12.6. The van der Waals surface area contributed by atoms with E-state index < -0.39 is 9.84 Å². The van der Waals surface area contributed by atoms with Gasteiger partial charge in [0.25, 0.3) is 0 Å². The minimum absolute atomic E-state index is 0.0117. The number of aromatic nitrogens is 1. The number of pyridine rings is 1. The number of likely N-dealkylation sites (tertiary alicyclic amines) is 1. The Kier molecular flexibility index (Phi) is 5.18. The number of benzene rings is 1. The van der Waals surface area contributed by atoms with E-state index in [1.54, 1.807) is 41.6 Å². The van der Waals surface area contributed by atoms with Crippen molar-refractivity contribution in [3.05, 3.63) is 59.9 Å². The molecule has 0 spiro atoms. The van der Waals surface area contributed by atoms with E-state index in [9.17, 15) is 13.2 Å². The number of carbonyl (C=O) groups is 1. The van der Waals surface area contributed by atoms with Crippen LogP contribution in [0.1, 0.15) is 36.4 Å². The number of sulfone groups is 1. The van der Waals surface area contributed by atoms with Gasteiger partial charge in [-0.1, -0.05) is 17.7 Å². The average Bonchev–Trinajstić information content (AvgIpc) is 3.11. The molecule has 0 aliphatic carbocycles. The van der Waals surface area contributed by atoms with E-state index in [1.165, 1.54) is 0 Å². The summed E-state index contributed by atoms with van der Waals surface area (Å²) in [6.07, 6.45) is 5.29. The Hall–Kier alpha value is -2.21. The van der Waals surface area contributed by atoms with Crippen LogP contribution in [-0.4, -0.2) is 36.5 Å². The average molecular weight is 358 g/mol. The molecule has 1 aliphatic rings. The van der Waals surface area contributed by atoms with Crippen molar-refractivity contribution >= 4 is 15.7 Å². The smallest absolute Gasteiger partial charge is 0.224 e. The Balaban J connectivity index is 1.66. The van der Waals surface area contributed by atoms with Crippen molar-refractivity contribution in [3.63, 3.8) is 0 Å². The van der Waals surface area contributed by atoms with Gasteiger partial charge in [-0.3, -0.25) is 9.78 Å². The van der Waals surface area contributed by atoms with E-state index in [1.807, 2.05) is 19.1 Å². The second kappa shape index (κ2) is 7.35. The van der Waals surface area contributed by atoms with Crippen LogP contribution in [-0.2, 0) is 14.6 Å². The van der Waals surface area contributed by atoms with Gasteiger partial charge in [0.05, 0.1) is 16.7 Å². The summed E-state index contributed by atoms with van der Waals surface area (Å²) >= 11 is 0. The molecule has 0 bridgehead atoms. The largest absolute Gasteiger partial charge is 0.336 e. The van der Waals surface area contributed by atoms with Gasteiger partial charge in [-0.15, -0.1) is 0 Å². The monoisotopic (exact) mass is 358 g/mol. The third-order valence-corrected chi connectivity index (χ3v) is 6.36. The third-order valence-electron chi connectivity index (χ3n) is 4.63. The molecule has 1 aromatic carbocycles. The van der Waals surface area contributed by atoms with E-state index in [0.29, 0.717) is 6.54 Å².